The molecule has 5 heteroatoms. The summed E-state index contributed by atoms with van der Waals surface area (Å²) in [4.78, 5) is 2.18. The molecule has 0 heterocycles. The predicted octanol–water partition coefficient (Wildman–Crippen LogP) is 10.3. The first-order valence-electron chi connectivity index (χ1n) is 12.2. The molecule has 0 rings (SSSR count). The Hall–Kier alpha value is -0.417. The van der Waals surface area contributed by atoms with Crippen molar-refractivity contribution in [2.24, 2.45) is 0 Å². The molecule has 0 amide bonds. The van der Waals surface area contributed by atoms with Gasteiger partial charge in [0.15, 0.2) is 0 Å². The third-order valence-corrected chi connectivity index (χ3v) is 21.4. The number of allylic oxidation sites excluding steroid dienone is 2. The molecule has 0 saturated heterocycles. The summed E-state index contributed by atoms with van der Waals surface area (Å²) in [5.41, 5.74) is 19.1. The van der Waals surface area contributed by atoms with E-state index in [-0.39, 0.29) is 0 Å². The molecule has 0 aromatic heterocycles. The normalized spacial score (nSPS) is 10.2. The van der Waals surface area contributed by atoms with Crippen molar-refractivity contribution in [3.63, 3.8) is 0 Å². The molecule has 0 aromatic rings. The van der Waals surface area contributed by atoms with Crippen LogP contribution in [0.3, 0.4) is 0 Å². The molecule has 0 aliphatic rings. The molecule has 0 aliphatic heterocycles. The second-order valence-corrected chi connectivity index (χ2v) is 23.4. The Morgan fingerprint density at radius 2 is 0.971 bits per heavy atom. The van der Waals surface area contributed by atoms with Gasteiger partial charge in [-0.25, -0.2) is 0 Å². The van der Waals surface area contributed by atoms with E-state index < -0.39 is 13.3 Å². The van der Waals surface area contributed by atoms with Gasteiger partial charge in [-0.3, -0.25) is 0 Å². The maximum absolute atomic E-state index is 4.23. The fourth-order valence-electron chi connectivity index (χ4n) is 3.85. The molecular formula is C30H44GeS4. The van der Waals surface area contributed by atoms with E-state index >= 15 is 0 Å². The average molecular weight is 606 g/mol. The Bertz CT molecular complexity index is 832. The Morgan fingerprint density at radius 3 is 1.29 bits per heavy atom. The van der Waals surface area contributed by atoms with Crippen molar-refractivity contribution in [1.29, 1.82) is 0 Å². The fourth-order valence-corrected chi connectivity index (χ4v) is 19.4. The molecule has 0 N–H and O–H groups in total. The first-order valence-corrected chi connectivity index (χ1v) is 22.9. The Balaban J connectivity index is 5.20. The van der Waals surface area contributed by atoms with Crippen molar-refractivity contribution in [3.8, 4) is 0 Å². The zero-order valence-corrected chi connectivity index (χ0v) is 27.8. The van der Waals surface area contributed by atoms with Crippen molar-refractivity contribution in [2.45, 2.75) is 60.5 Å². The van der Waals surface area contributed by atoms with Crippen LogP contribution < -0.4 is 0 Å². The van der Waals surface area contributed by atoms with Gasteiger partial charge in [-0.05, 0) is 0 Å². The van der Waals surface area contributed by atoms with E-state index in [9.17, 15) is 0 Å². The van der Waals surface area contributed by atoms with Gasteiger partial charge in [0.05, 0.1) is 0 Å². The summed E-state index contributed by atoms with van der Waals surface area (Å²) in [6, 6.07) is 0. The van der Waals surface area contributed by atoms with Crippen LogP contribution in [0, 0.1) is 0 Å². The third kappa shape index (κ3) is 17.6. The minimum absolute atomic E-state index is 1.04. The van der Waals surface area contributed by atoms with Crippen LogP contribution >= 0.6 is 47.0 Å². The van der Waals surface area contributed by atoms with E-state index in [1.54, 1.807) is 0 Å². The molecule has 192 valence electrons. The average Bonchev–Trinajstić information content (AvgIpc) is 2.86. The Kier molecular flexibility index (Phi) is 22.5. The van der Waals surface area contributed by atoms with Crippen LogP contribution in [0.1, 0.15) is 39.5 Å². The summed E-state index contributed by atoms with van der Waals surface area (Å²) in [6.45, 7) is 19.6. The predicted molar refractivity (Wildman–Crippen MR) is 174 cm³/mol. The zero-order valence-electron chi connectivity index (χ0n) is 22.4. The van der Waals surface area contributed by atoms with Gasteiger partial charge in [-0.15, -0.1) is 0 Å². The van der Waals surface area contributed by atoms with Gasteiger partial charge < -0.3 is 0 Å². The van der Waals surface area contributed by atoms with Gasteiger partial charge in [0.25, 0.3) is 0 Å². The van der Waals surface area contributed by atoms with Crippen LogP contribution in [0.25, 0.3) is 0 Å². The molecule has 0 nitrogen and oxygen atoms in total. The van der Waals surface area contributed by atoms with Crippen LogP contribution in [0.2, 0.25) is 21.0 Å². The van der Waals surface area contributed by atoms with E-state index in [2.05, 4.69) is 73.2 Å². The van der Waals surface area contributed by atoms with Gasteiger partial charge in [-0.1, -0.05) is 0 Å². The van der Waals surface area contributed by atoms with E-state index in [0.29, 0.717) is 0 Å². The standard InChI is InChI=1S/C30H44GeS4/c1-9-11-17-27(3)29(5)34-25-15-21-31(19-13-23-32-7,20-14-24-33-8)22-16-26-35-30(6)28(4)18-12-10-2/h1-2,5-6,13-16,19-26H2,3-4,7-8H3. The van der Waals surface area contributed by atoms with Gasteiger partial charge in [0.2, 0.25) is 0 Å². The molecule has 0 bridgehead atoms. The quantitative estimate of drug-likeness (QED) is 0.0586. The Morgan fingerprint density at radius 1 is 0.629 bits per heavy atom. The molecule has 0 aliphatic carbocycles. The third-order valence-electron chi connectivity index (χ3n) is 5.88. The first kappa shape index (κ1) is 34.6. The van der Waals surface area contributed by atoms with Crippen molar-refractivity contribution in [2.75, 3.05) is 35.5 Å². The molecule has 0 saturated carbocycles. The summed E-state index contributed by atoms with van der Waals surface area (Å²) in [5.74, 6) is 4.89. The summed E-state index contributed by atoms with van der Waals surface area (Å²) >= 11 is 5.80. The maximum atomic E-state index is 4.23. The molecule has 0 spiro atoms. The number of hydrogen-bond donors (Lipinski definition) is 0. The van der Waals surface area contributed by atoms with Crippen molar-refractivity contribution < 1.29 is 0 Å². The summed E-state index contributed by atoms with van der Waals surface area (Å²) < 4.78 is 0. The fraction of sp³-hybridized carbons (Fsp3) is 0.533. The van der Waals surface area contributed by atoms with E-state index in [1.807, 2.05) is 60.9 Å². The monoisotopic (exact) mass is 606 g/mol. The second-order valence-electron chi connectivity index (χ2n) is 8.55. The van der Waals surface area contributed by atoms with Crippen LogP contribution in [0.5, 0.6) is 0 Å². The summed E-state index contributed by atoms with van der Waals surface area (Å²) in [6.07, 6.45) is 9.87. The minimum atomic E-state index is -1.95. The Labute approximate surface area is 236 Å². The molecule has 0 aromatic carbocycles. The van der Waals surface area contributed by atoms with Gasteiger partial charge in [0.1, 0.15) is 0 Å². The topological polar surface area (TPSA) is 0 Å². The van der Waals surface area contributed by atoms with Crippen LogP contribution in [-0.4, -0.2) is 48.8 Å². The van der Waals surface area contributed by atoms with E-state index in [1.165, 1.54) is 58.2 Å². The number of rotatable bonds is 20. The zero-order chi connectivity index (χ0) is 26.4. The van der Waals surface area contributed by atoms with E-state index in [0.717, 1.165) is 32.5 Å². The van der Waals surface area contributed by atoms with Gasteiger partial charge >= 0.3 is 238 Å². The van der Waals surface area contributed by atoms with Crippen molar-refractivity contribution in [3.05, 3.63) is 81.7 Å². The van der Waals surface area contributed by atoms with E-state index in [4.69, 9.17) is 0 Å². The SMILES string of the molecule is C=C=C=C=C(C)C(=C)SCC[CH2][Ge]([CH2]CCSC)([CH2]CCSC)[CH2]CCSC(=C)C(C)=C=C=C=C. The molecular weight excluding hydrogens is 561 g/mol. The van der Waals surface area contributed by atoms with Crippen LogP contribution in [0.4, 0.5) is 0 Å². The van der Waals surface area contributed by atoms with Gasteiger partial charge in [0, 0.05) is 0 Å². The number of thioether (sulfide) groups is 4. The van der Waals surface area contributed by atoms with Crippen LogP contribution in [0.15, 0.2) is 81.7 Å². The molecule has 0 radical (unpaired) electrons. The van der Waals surface area contributed by atoms with Crippen molar-refractivity contribution in [1.82, 2.24) is 0 Å². The molecule has 0 unspecified atom stereocenters. The van der Waals surface area contributed by atoms with Gasteiger partial charge in [-0.2, -0.15) is 0 Å². The molecule has 0 fully saturated rings. The van der Waals surface area contributed by atoms with Crippen molar-refractivity contribution >= 4 is 60.3 Å². The first-order chi connectivity index (χ1) is 16.9. The number of hydrogen-bond acceptors (Lipinski definition) is 4. The van der Waals surface area contributed by atoms with Crippen LogP contribution in [-0.2, 0) is 0 Å². The summed E-state index contributed by atoms with van der Waals surface area (Å²) in [5, 5.41) is 5.99. The molecule has 35 heavy (non-hydrogen) atoms. The molecule has 0 atom stereocenters. The second kappa shape index (κ2) is 22.8. The summed E-state index contributed by atoms with van der Waals surface area (Å²) in [7, 11) is 0.